The van der Waals surface area contributed by atoms with Crippen LogP contribution >= 0.6 is 11.6 Å². The van der Waals surface area contributed by atoms with Crippen molar-refractivity contribution in [2.45, 2.75) is 13.2 Å². The number of aliphatic hydroxyl groups is 1. The fraction of sp³-hybridized carbons (Fsp3) is 0.133. The zero-order valence-corrected chi connectivity index (χ0v) is 11.8. The highest BCUT2D eigenvalue weighted by atomic mass is 35.5. The Kier molecular flexibility index (Phi) is 3.94. The quantitative estimate of drug-likeness (QED) is 0.802. The van der Waals surface area contributed by atoms with Crippen LogP contribution in [0.15, 0.2) is 42.5 Å². The molecule has 0 aliphatic rings. The predicted octanol–water partition coefficient (Wildman–Crippen LogP) is 2.75. The van der Waals surface area contributed by atoms with Crippen LogP contribution in [0.2, 0.25) is 5.15 Å². The molecule has 0 fully saturated rings. The van der Waals surface area contributed by atoms with Crippen LogP contribution in [0, 0.1) is 0 Å². The molecule has 0 spiro atoms. The van der Waals surface area contributed by atoms with Gasteiger partial charge in [-0.05, 0) is 18.2 Å². The molecule has 0 bridgehead atoms. The zero-order valence-electron chi connectivity index (χ0n) is 11.0. The van der Waals surface area contributed by atoms with Crippen molar-refractivity contribution in [1.29, 1.82) is 0 Å². The lowest BCUT2D eigenvalue weighted by Gasteiger charge is -2.08. The van der Waals surface area contributed by atoms with E-state index in [0.29, 0.717) is 22.4 Å². The van der Waals surface area contributed by atoms with Gasteiger partial charge in [-0.2, -0.15) is 0 Å². The largest absolute Gasteiger partial charge is 0.470 e. The highest BCUT2D eigenvalue weighted by molar-refractivity contribution is 6.34. The number of fused-ring (bicyclic) bond motifs is 1. The molecule has 0 atom stereocenters. The zero-order chi connectivity index (χ0) is 14.7. The first kappa shape index (κ1) is 13.7. The van der Waals surface area contributed by atoms with E-state index < -0.39 is 0 Å². The maximum Gasteiger partial charge on any atom is 0.241 e. The van der Waals surface area contributed by atoms with Crippen molar-refractivity contribution in [1.82, 2.24) is 15.2 Å². The Hall–Kier alpha value is -2.24. The smallest absolute Gasteiger partial charge is 0.241 e. The second-order valence-corrected chi connectivity index (χ2v) is 4.77. The van der Waals surface area contributed by atoms with Crippen molar-refractivity contribution in [3.8, 4) is 5.88 Å². The molecule has 1 N–H and O–H groups in total. The monoisotopic (exact) mass is 301 g/mol. The van der Waals surface area contributed by atoms with Crippen molar-refractivity contribution in [3.05, 3.63) is 59.0 Å². The van der Waals surface area contributed by atoms with E-state index in [1.165, 1.54) is 0 Å². The third kappa shape index (κ3) is 2.94. The Morgan fingerprint density at radius 2 is 1.71 bits per heavy atom. The second-order valence-electron chi connectivity index (χ2n) is 4.41. The molecule has 6 heteroatoms. The molecular weight excluding hydrogens is 290 g/mol. The first-order chi connectivity index (χ1) is 10.3. The average molecular weight is 302 g/mol. The van der Waals surface area contributed by atoms with Crippen molar-refractivity contribution >= 4 is 22.4 Å². The molecule has 2 heterocycles. The Bertz CT molecular complexity index is 780. The molecule has 0 unspecified atom stereocenters. The van der Waals surface area contributed by atoms with E-state index in [0.717, 1.165) is 10.8 Å². The Morgan fingerprint density at radius 3 is 2.52 bits per heavy atom. The van der Waals surface area contributed by atoms with E-state index in [1.807, 2.05) is 36.4 Å². The highest BCUT2D eigenvalue weighted by Crippen LogP contribution is 2.27. The van der Waals surface area contributed by atoms with Crippen LogP contribution in [0.25, 0.3) is 10.8 Å². The molecule has 0 aliphatic carbocycles. The summed E-state index contributed by atoms with van der Waals surface area (Å²) in [5, 5.41) is 18.9. The van der Waals surface area contributed by atoms with Gasteiger partial charge in [-0.3, -0.25) is 4.98 Å². The summed E-state index contributed by atoms with van der Waals surface area (Å²) in [4.78, 5) is 4.25. The summed E-state index contributed by atoms with van der Waals surface area (Å²) in [6.07, 6.45) is 0. The normalized spacial score (nSPS) is 10.8. The van der Waals surface area contributed by atoms with Gasteiger partial charge >= 0.3 is 0 Å². The van der Waals surface area contributed by atoms with Crippen LogP contribution in [0.4, 0.5) is 0 Å². The van der Waals surface area contributed by atoms with Crippen molar-refractivity contribution in [2.24, 2.45) is 0 Å². The molecule has 0 saturated heterocycles. The Morgan fingerprint density at radius 1 is 0.952 bits per heavy atom. The number of ether oxygens (including phenoxy) is 1. The van der Waals surface area contributed by atoms with Crippen molar-refractivity contribution in [3.63, 3.8) is 0 Å². The van der Waals surface area contributed by atoms with Gasteiger partial charge in [0, 0.05) is 10.8 Å². The molecule has 1 aromatic carbocycles. The summed E-state index contributed by atoms with van der Waals surface area (Å²) in [5.74, 6) is 0.409. The third-order valence-corrected chi connectivity index (χ3v) is 3.27. The molecule has 2 aromatic heterocycles. The van der Waals surface area contributed by atoms with Gasteiger partial charge in [0.25, 0.3) is 0 Å². The SMILES string of the molecule is OCc1cccc(COc2nnc(Cl)c3ccccc23)n1. The summed E-state index contributed by atoms with van der Waals surface area (Å²) in [7, 11) is 0. The number of aliphatic hydroxyl groups excluding tert-OH is 1. The molecule has 106 valence electrons. The van der Waals surface area contributed by atoms with Gasteiger partial charge in [0.05, 0.1) is 18.0 Å². The predicted molar refractivity (Wildman–Crippen MR) is 79.0 cm³/mol. The second kappa shape index (κ2) is 6.03. The molecule has 21 heavy (non-hydrogen) atoms. The molecule has 3 rings (SSSR count). The van der Waals surface area contributed by atoms with Crippen LogP contribution in [-0.2, 0) is 13.2 Å². The van der Waals surface area contributed by atoms with Gasteiger partial charge < -0.3 is 9.84 Å². The van der Waals surface area contributed by atoms with Crippen LogP contribution in [-0.4, -0.2) is 20.3 Å². The molecule has 0 amide bonds. The minimum absolute atomic E-state index is 0.0997. The molecular formula is C15H12ClN3O2. The lowest BCUT2D eigenvalue weighted by molar-refractivity contribution is 0.270. The number of pyridine rings is 1. The van der Waals surface area contributed by atoms with E-state index in [1.54, 1.807) is 6.07 Å². The molecule has 3 aromatic rings. The first-order valence-corrected chi connectivity index (χ1v) is 6.75. The van der Waals surface area contributed by atoms with E-state index in [9.17, 15) is 0 Å². The Labute approximate surface area is 126 Å². The van der Waals surface area contributed by atoms with Crippen molar-refractivity contribution < 1.29 is 9.84 Å². The fourth-order valence-corrected chi connectivity index (χ4v) is 2.20. The highest BCUT2D eigenvalue weighted by Gasteiger charge is 2.09. The van der Waals surface area contributed by atoms with Crippen LogP contribution in [0.3, 0.4) is 0 Å². The number of halogens is 1. The van der Waals surface area contributed by atoms with Crippen LogP contribution in [0.1, 0.15) is 11.4 Å². The number of rotatable bonds is 4. The third-order valence-electron chi connectivity index (χ3n) is 2.99. The van der Waals surface area contributed by atoms with E-state index >= 15 is 0 Å². The van der Waals surface area contributed by atoms with E-state index in [4.69, 9.17) is 21.4 Å². The summed E-state index contributed by atoms with van der Waals surface area (Å²) in [6, 6.07) is 12.9. The van der Waals surface area contributed by atoms with Gasteiger partial charge in [0.15, 0.2) is 5.15 Å². The molecule has 0 radical (unpaired) electrons. The number of nitrogens with zero attached hydrogens (tertiary/aromatic N) is 3. The standard InChI is InChI=1S/C15H12ClN3O2/c16-14-12-6-1-2-7-13(12)15(19-18-14)21-9-11-5-3-4-10(8-20)17-11/h1-7,20H,8-9H2. The minimum atomic E-state index is -0.0997. The van der Waals surface area contributed by atoms with Gasteiger partial charge in [-0.1, -0.05) is 35.9 Å². The fourth-order valence-electron chi connectivity index (χ4n) is 1.99. The van der Waals surface area contributed by atoms with E-state index in [-0.39, 0.29) is 13.2 Å². The topological polar surface area (TPSA) is 68.1 Å². The number of hydrogen-bond acceptors (Lipinski definition) is 5. The van der Waals surface area contributed by atoms with Gasteiger partial charge in [-0.25, -0.2) is 0 Å². The lowest BCUT2D eigenvalue weighted by Crippen LogP contribution is -2.03. The summed E-state index contributed by atoms with van der Waals surface area (Å²) in [6.45, 7) is 0.145. The molecule has 5 nitrogen and oxygen atoms in total. The van der Waals surface area contributed by atoms with Crippen LogP contribution < -0.4 is 4.74 Å². The number of aromatic nitrogens is 3. The number of benzene rings is 1. The van der Waals surface area contributed by atoms with Gasteiger partial charge in [0.1, 0.15) is 6.61 Å². The van der Waals surface area contributed by atoms with Crippen molar-refractivity contribution in [2.75, 3.05) is 0 Å². The number of hydrogen-bond donors (Lipinski definition) is 1. The first-order valence-electron chi connectivity index (χ1n) is 6.37. The minimum Gasteiger partial charge on any atom is -0.470 e. The van der Waals surface area contributed by atoms with Gasteiger partial charge in [0.2, 0.25) is 5.88 Å². The maximum absolute atomic E-state index is 9.08. The summed E-state index contributed by atoms with van der Waals surface area (Å²) >= 11 is 6.02. The summed E-state index contributed by atoms with van der Waals surface area (Å²) in [5.41, 5.74) is 1.31. The van der Waals surface area contributed by atoms with E-state index in [2.05, 4.69) is 15.2 Å². The van der Waals surface area contributed by atoms with Gasteiger partial charge in [-0.15, -0.1) is 10.2 Å². The lowest BCUT2D eigenvalue weighted by atomic mass is 10.2. The molecule has 0 aliphatic heterocycles. The summed E-state index contributed by atoms with van der Waals surface area (Å²) < 4.78 is 5.68. The molecule has 0 saturated carbocycles. The maximum atomic E-state index is 9.08. The van der Waals surface area contributed by atoms with Crippen LogP contribution in [0.5, 0.6) is 5.88 Å². The Balaban J connectivity index is 1.87. The average Bonchev–Trinajstić information content (AvgIpc) is 2.55.